The van der Waals surface area contributed by atoms with Crippen molar-refractivity contribution in [3.63, 3.8) is 0 Å². The highest BCUT2D eigenvalue weighted by Crippen LogP contribution is 2.35. The van der Waals surface area contributed by atoms with Crippen LogP contribution in [0.3, 0.4) is 0 Å². The van der Waals surface area contributed by atoms with Gasteiger partial charge in [0, 0.05) is 49.1 Å². The number of pyridine rings is 1. The molecule has 2 aromatic heterocycles. The molecule has 0 spiro atoms. The van der Waals surface area contributed by atoms with Gasteiger partial charge in [-0.1, -0.05) is 75.4 Å². The van der Waals surface area contributed by atoms with E-state index in [1.54, 1.807) is 36.8 Å². The van der Waals surface area contributed by atoms with Crippen LogP contribution in [0.2, 0.25) is 0 Å². The molecule has 0 unspecified atom stereocenters. The number of aryl methyl sites for hydroxylation is 1. The van der Waals surface area contributed by atoms with Gasteiger partial charge in [0.2, 0.25) is 5.91 Å². The Hall–Kier alpha value is -4.22. The van der Waals surface area contributed by atoms with E-state index in [2.05, 4.69) is 66.0 Å². The van der Waals surface area contributed by atoms with Gasteiger partial charge in [-0.15, -0.1) is 11.3 Å². The van der Waals surface area contributed by atoms with Gasteiger partial charge >= 0.3 is 0 Å². The predicted molar refractivity (Wildman–Crippen MR) is 194 cm³/mol. The Labute approximate surface area is 285 Å². The van der Waals surface area contributed by atoms with Crippen molar-refractivity contribution in [3.05, 3.63) is 119 Å². The zero-order valence-electron chi connectivity index (χ0n) is 27.4. The number of anilines is 1. The van der Waals surface area contributed by atoms with Crippen LogP contribution in [-0.4, -0.2) is 36.3 Å². The number of nitrogens with one attached hydrogen (secondary N) is 3. The fourth-order valence-electron chi connectivity index (χ4n) is 4.56. The van der Waals surface area contributed by atoms with Crippen LogP contribution in [0.1, 0.15) is 42.3 Å². The first-order valence-corrected chi connectivity index (χ1v) is 16.5. The Morgan fingerprint density at radius 2 is 1.72 bits per heavy atom. The van der Waals surface area contributed by atoms with Crippen molar-refractivity contribution in [2.45, 2.75) is 46.1 Å². The Balaban J connectivity index is 0.000000264. The molecule has 5 aromatic rings. The minimum atomic E-state index is -0.554. The van der Waals surface area contributed by atoms with E-state index in [0.717, 1.165) is 40.4 Å². The van der Waals surface area contributed by atoms with E-state index in [0.29, 0.717) is 11.4 Å². The van der Waals surface area contributed by atoms with Gasteiger partial charge in [-0.3, -0.25) is 9.78 Å². The van der Waals surface area contributed by atoms with Crippen LogP contribution in [0.25, 0.3) is 10.2 Å². The van der Waals surface area contributed by atoms with Gasteiger partial charge in [-0.05, 0) is 59.4 Å². The Morgan fingerprint density at radius 1 is 0.957 bits per heavy atom. The van der Waals surface area contributed by atoms with E-state index in [1.165, 1.54) is 23.3 Å². The summed E-state index contributed by atoms with van der Waals surface area (Å²) >= 11 is 6.70. The van der Waals surface area contributed by atoms with Gasteiger partial charge in [0.05, 0.1) is 23.2 Å². The Bertz CT molecular complexity index is 1790. The molecule has 0 aliphatic carbocycles. The highest BCUT2D eigenvalue weighted by molar-refractivity contribution is 7.80. The van der Waals surface area contributed by atoms with Gasteiger partial charge in [0.1, 0.15) is 5.75 Å². The second kappa shape index (κ2) is 17.1. The van der Waals surface area contributed by atoms with E-state index < -0.39 is 5.82 Å². The molecule has 0 bridgehead atoms. The van der Waals surface area contributed by atoms with Gasteiger partial charge in [0.25, 0.3) is 0 Å². The smallest absolute Gasteiger partial charge is 0.230 e. The third-order valence-corrected chi connectivity index (χ3v) is 8.23. The summed E-state index contributed by atoms with van der Waals surface area (Å²) in [6, 6.07) is 26.2. The van der Waals surface area contributed by atoms with E-state index in [1.807, 2.05) is 43.3 Å². The van der Waals surface area contributed by atoms with E-state index in [9.17, 15) is 9.18 Å². The number of ether oxygens (including phenoxy) is 2. The van der Waals surface area contributed by atoms with Gasteiger partial charge in [0.15, 0.2) is 16.7 Å². The first-order valence-electron chi connectivity index (χ1n) is 15.3. The van der Waals surface area contributed by atoms with Gasteiger partial charge < -0.3 is 25.4 Å². The molecule has 0 atom stereocenters. The second-order valence-electron chi connectivity index (χ2n) is 11.9. The molecule has 0 saturated carbocycles. The summed E-state index contributed by atoms with van der Waals surface area (Å²) in [6.07, 6.45) is 1.83. The lowest BCUT2D eigenvalue weighted by molar-refractivity contribution is -0.119. The number of aromatic nitrogens is 1. The predicted octanol–water partition coefficient (Wildman–Crippen LogP) is 8.31. The second-order valence-corrected chi connectivity index (χ2v) is 13.6. The fourth-order valence-corrected chi connectivity index (χ4v) is 5.71. The third kappa shape index (κ3) is 11.2. The number of amides is 1. The number of carbonyl (C=O) groups is 1. The van der Waals surface area contributed by atoms with Gasteiger partial charge in [-0.25, -0.2) is 4.39 Å². The number of methoxy groups -OCH3 is 1. The number of halogens is 1. The molecule has 5 rings (SSSR count). The molecule has 10 heteroatoms. The number of rotatable bonds is 10. The normalized spacial score (nSPS) is 11.0. The number of hydrogen-bond donors (Lipinski definition) is 3. The van der Waals surface area contributed by atoms with Crippen LogP contribution in [0.4, 0.5) is 10.1 Å². The molecule has 3 N–H and O–H groups in total. The first-order chi connectivity index (χ1) is 22.5. The van der Waals surface area contributed by atoms with Crippen molar-refractivity contribution >= 4 is 50.5 Å². The first kappa shape index (κ1) is 35.6. The van der Waals surface area contributed by atoms with E-state index >= 15 is 0 Å². The molecule has 47 heavy (non-hydrogen) atoms. The minimum Gasteiger partial charge on any atom is -0.453 e. The molecule has 7 nitrogen and oxygen atoms in total. The van der Waals surface area contributed by atoms with Crippen molar-refractivity contribution < 1.29 is 18.7 Å². The minimum absolute atomic E-state index is 0.0862. The largest absolute Gasteiger partial charge is 0.453 e. The maximum Gasteiger partial charge on any atom is 0.230 e. The average molecular weight is 673 g/mol. The van der Waals surface area contributed by atoms with Gasteiger partial charge in [-0.2, -0.15) is 0 Å². The molecular formula is C37H41FN4O3S2. The summed E-state index contributed by atoms with van der Waals surface area (Å²) in [6.45, 7) is 11.3. The summed E-state index contributed by atoms with van der Waals surface area (Å²) in [4.78, 5) is 17.5. The molecule has 2 heterocycles. The van der Waals surface area contributed by atoms with Crippen molar-refractivity contribution in [1.82, 2.24) is 15.6 Å². The molecule has 0 fully saturated rings. The van der Waals surface area contributed by atoms with E-state index in [-0.39, 0.29) is 28.6 Å². The zero-order chi connectivity index (χ0) is 33.8. The summed E-state index contributed by atoms with van der Waals surface area (Å²) in [5, 5.41) is 8.87. The van der Waals surface area contributed by atoms with Crippen LogP contribution >= 0.6 is 23.6 Å². The van der Waals surface area contributed by atoms with Crippen molar-refractivity contribution in [2.75, 3.05) is 25.6 Å². The van der Waals surface area contributed by atoms with Crippen LogP contribution in [0.15, 0.2) is 91.1 Å². The molecule has 3 aromatic carbocycles. The van der Waals surface area contributed by atoms with E-state index in [4.69, 9.17) is 21.7 Å². The number of thiocarbonyl (C=S) groups is 1. The molecule has 0 saturated heterocycles. The summed E-state index contributed by atoms with van der Waals surface area (Å²) in [5.74, 6) is -0.173. The topological polar surface area (TPSA) is 84.5 Å². The van der Waals surface area contributed by atoms with Crippen LogP contribution < -0.4 is 20.7 Å². The molecular weight excluding hydrogens is 632 g/mol. The fraction of sp³-hybridized carbons (Fsp3) is 0.270. The average Bonchev–Trinajstić information content (AvgIpc) is 3.42. The van der Waals surface area contributed by atoms with Crippen molar-refractivity contribution in [2.24, 2.45) is 0 Å². The van der Waals surface area contributed by atoms with Crippen LogP contribution in [-0.2, 0) is 27.9 Å². The highest BCUT2D eigenvalue weighted by Gasteiger charge is 2.14. The van der Waals surface area contributed by atoms with Crippen molar-refractivity contribution in [3.8, 4) is 11.5 Å². The molecule has 0 aliphatic heterocycles. The molecule has 1 amide bonds. The molecule has 0 aliphatic rings. The maximum atomic E-state index is 14.6. The van der Waals surface area contributed by atoms with Crippen molar-refractivity contribution in [1.29, 1.82) is 0 Å². The third-order valence-electron chi connectivity index (χ3n) is 6.97. The quantitative estimate of drug-likeness (QED) is 0.102. The lowest BCUT2D eigenvalue weighted by atomic mass is 9.86. The summed E-state index contributed by atoms with van der Waals surface area (Å²) in [5.41, 5.74) is 5.04. The highest BCUT2D eigenvalue weighted by atomic mass is 32.1. The monoisotopic (exact) mass is 672 g/mol. The van der Waals surface area contributed by atoms with Crippen LogP contribution in [0.5, 0.6) is 11.5 Å². The Morgan fingerprint density at radius 3 is 2.45 bits per heavy atom. The number of fused-ring (bicyclic) bond motifs is 1. The Kier molecular flexibility index (Phi) is 12.9. The standard InChI is InChI=1S/C23H18FN3O2S2.C14H23NO/c1-14-11-18-22(31-14)20(9-10-25-18)29-19-8-7-16(13-17(19)24)26-23(30)27-21(28)12-15-5-3-2-4-6-15;1-14(2,3)13-7-5-6-12(10-13)11-15-8-9-16-4/h2-11,13H,12H2,1H3,(H2,26,27,28,30);5-7,10,15H,8-9,11H2,1-4H3. The molecule has 246 valence electrons. The lowest BCUT2D eigenvalue weighted by Gasteiger charge is -2.19. The lowest BCUT2D eigenvalue weighted by Crippen LogP contribution is -2.35. The number of carbonyl (C=O) groups excluding carboxylic acids is 1. The number of thiophene rings is 1. The number of nitrogens with zero attached hydrogens (tertiary/aromatic N) is 1. The maximum absolute atomic E-state index is 14.6. The molecule has 0 radical (unpaired) electrons. The number of hydrogen-bond acceptors (Lipinski definition) is 7. The summed E-state index contributed by atoms with van der Waals surface area (Å²) < 4.78 is 26.3. The number of benzene rings is 3. The summed E-state index contributed by atoms with van der Waals surface area (Å²) in [7, 11) is 1.72. The SMILES string of the molecule is COCCNCc1cccc(C(C)(C)C)c1.Cc1cc2nccc(Oc3ccc(NC(=S)NC(=O)Cc4ccccc4)cc3F)c2s1. The zero-order valence-corrected chi connectivity index (χ0v) is 29.0. The van der Waals surface area contributed by atoms with Crippen LogP contribution in [0, 0.1) is 12.7 Å².